The first kappa shape index (κ1) is 13.5. The molecule has 1 aromatic carbocycles. The molecule has 0 radical (unpaired) electrons. The van der Waals surface area contributed by atoms with Gasteiger partial charge in [-0.15, -0.1) is 11.6 Å². The van der Waals surface area contributed by atoms with Crippen LogP contribution in [-0.2, 0) is 6.54 Å². The van der Waals surface area contributed by atoms with Crippen molar-refractivity contribution in [3.8, 4) is 0 Å². The molecule has 17 heavy (non-hydrogen) atoms. The van der Waals surface area contributed by atoms with Crippen LogP contribution in [0.15, 0.2) is 18.2 Å². The van der Waals surface area contributed by atoms with E-state index in [1.807, 2.05) is 18.2 Å². The summed E-state index contributed by atoms with van der Waals surface area (Å²) in [6.45, 7) is 0.796. The molecule has 1 N–H and O–H groups in total. The summed E-state index contributed by atoms with van der Waals surface area (Å²) in [5.41, 5.74) is 1.15. The van der Waals surface area contributed by atoms with Gasteiger partial charge >= 0.3 is 0 Å². The zero-order valence-electron chi connectivity index (χ0n) is 9.56. The van der Waals surface area contributed by atoms with Crippen LogP contribution in [0.4, 0.5) is 0 Å². The molecule has 4 heteroatoms. The standard InChI is InChI=1S/C13H16Cl3N/c14-10-6-5-9(7-12(10)16)8-17-13-4-2-1-3-11(13)15/h5-7,11,13,17H,1-4,8H2. The monoisotopic (exact) mass is 291 g/mol. The number of benzene rings is 1. The van der Waals surface area contributed by atoms with E-state index in [9.17, 15) is 0 Å². The van der Waals surface area contributed by atoms with Crippen molar-refractivity contribution in [2.45, 2.75) is 43.6 Å². The highest BCUT2D eigenvalue weighted by Gasteiger charge is 2.22. The smallest absolute Gasteiger partial charge is 0.0595 e. The van der Waals surface area contributed by atoms with E-state index in [0.29, 0.717) is 16.1 Å². The first-order valence-corrected chi connectivity index (χ1v) is 7.17. The Labute approximate surface area is 117 Å². The van der Waals surface area contributed by atoms with Crippen molar-refractivity contribution in [1.82, 2.24) is 5.32 Å². The van der Waals surface area contributed by atoms with Gasteiger partial charge in [0.2, 0.25) is 0 Å². The zero-order valence-corrected chi connectivity index (χ0v) is 11.8. The minimum Gasteiger partial charge on any atom is -0.308 e. The zero-order chi connectivity index (χ0) is 12.3. The number of nitrogens with one attached hydrogen (secondary N) is 1. The summed E-state index contributed by atoms with van der Waals surface area (Å²) in [5.74, 6) is 0. The van der Waals surface area contributed by atoms with Gasteiger partial charge in [0, 0.05) is 18.0 Å². The van der Waals surface area contributed by atoms with Crippen molar-refractivity contribution in [3.05, 3.63) is 33.8 Å². The Morgan fingerprint density at radius 3 is 2.59 bits per heavy atom. The number of halogens is 3. The molecule has 0 amide bonds. The highest BCUT2D eigenvalue weighted by Crippen LogP contribution is 2.25. The second kappa shape index (κ2) is 6.29. The third kappa shape index (κ3) is 3.75. The van der Waals surface area contributed by atoms with Crippen LogP contribution in [0.5, 0.6) is 0 Å². The van der Waals surface area contributed by atoms with Crippen LogP contribution in [0.2, 0.25) is 10.0 Å². The fourth-order valence-corrected chi connectivity index (χ4v) is 2.90. The summed E-state index contributed by atoms with van der Waals surface area (Å²) in [5, 5.41) is 4.97. The first-order chi connectivity index (χ1) is 8.16. The van der Waals surface area contributed by atoms with E-state index in [0.717, 1.165) is 24.9 Å². The van der Waals surface area contributed by atoms with Crippen molar-refractivity contribution in [2.24, 2.45) is 0 Å². The fourth-order valence-electron chi connectivity index (χ4n) is 2.21. The van der Waals surface area contributed by atoms with E-state index in [-0.39, 0.29) is 5.38 Å². The van der Waals surface area contributed by atoms with Gasteiger partial charge in [-0.25, -0.2) is 0 Å². The third-order valence-corrected chi connectivity index (χ3v) is 4.50. The molecule has 0 heterocycles. The average molecular weight is 293 g/mol. The number of hydrogen-bond acceptors (Lipinski definition) is 1. The van der Waals surface area contributed by atoms with Crippen molar-refractivity contribution in [1.29, 1.82) is 0 Å². The van der Waals surface area contributed by atoms with Crippen LogP contribution in [-0.4, -0.2) is 11.4 Å². The van der Waals surface area contributed by atoms with Gasteiger partial charge in [0.15, 0.2) is 0 Å². The Morgan fingerprint density at radius 1 is 1.12 bits per heavy atom. The normalized spacial score (nSPS) is 24.9. The maximum atomic E-state index is 6.30. The lowest BCUT2D eigenvalue weighted by atomic mass is 9.95. The molecule has 0 aromatic heterocycles. The lowest BCUT2D eigenvalue weighted by molar-refractivity contribution is 0.378. The van der Waals surface area contributed by atoms with E-state index in [2.05, 4.69) is 5.32 Å². The summed E-state index contributed by atoms with van der Waals surface area (Å²) >= 11 is 18.2. The second-order valence-electron chi connectivity index (χ2n) is 4.54. The molecule has 0 spiro atoms. The Bertz CT molecular complexity index is 381. The molecule has 0 aliphatic heterocycles. The molecule has 1 aliphatic rings. The van der Waals surface area contributed by atoms with E-state index >= 15 is 0 Å². The number of rotatable bonds is 3. The molecule has 0 bridgehead atoms. The molecule has 94 valence electrons. The molecule has 1 nitrogen and oxygen atoms in total. The van der Waals surface area contributed by atoms with E-state index in [4.69, 9.17) is 34.8 Å². The maximum absolute atomic E-state index is 6.30. The predicted molar refractivity (Wildman–Crippen MR) is 75.2 cm³/mol. The quantitative estimate of drug-likeness (QED) is 0.801. The molecule has 1 aliphatic carbocycles. The predicted octanol–water partition coefficient (Wildman–Crippen LogP) is 4.63. The molecule has 1 aromatic rings. The molecular formula is C13H16Cl3N. The fraction of sp³-hybridized carbons (Fsp3) is 0.538. The number of alkyl halides is 1. The Kier molecular flexibility index (Phi) is 4.98. The van der Waals surface area contributed by atoms with Gasteiger partial charge in [-0.1, -0.05) is 42.1 Å². The molecular weight excluding hydrogens is 277 g/mol. The summed E-state index contributed by atoms with van der Waals surface area (Å²) in [4.78, 5) is 0. The van der Waals surface area contributed by atoms with Gasteiger partial charge in [0.25, 0.3) is 0 Å². The Balaban J connectivity index is 1.90. The summed E-state index contributed by atoms with van der Waals surface area (Å²) < 4.78 is 0. The first-order valence-electron chi connectivity index (χ1n) is 5.98. The molecule has 2 rings (SSSR count). The van der Waals surface area contributed by atoms with Crippen LogP contribution in [0.1, 0.15) is 31.2 Å². The van der Waals surface area contributed by atoms with Crippen molar-refractivity contribution in [2.75, 3.05) is 0 Å². The van der Waals surface area contributed by atoms with E-state index in [1.165, 1.54) is 12.8 Å². The van der Waals surface area contributed by atoms with Crippen LogP contribution in [0.25, 0.3) is 0 Å². The van der Waals surface area contributed by atoms with Gasteiger partial charge in [-0.3, -0.25) is 0 Å². The van der Waals surface area contributed by atoms with Crippen molar-refractivity contribution in [3.63, 3.8) is 0 Å². The van der Waals surface area contributed by atoms with Gasteiger partial charge in [-0.05, 0) is 30.5 Å². The summed E-state index contributed by atoms with van der Waals surface area (Å²) in [7, 11) is 0. The highest BCUT2D eigenvalue weighted by atomic mass is 35.5. The van der Waals surface area contributed by atoms with Crippen LogP contribution < -0.4 is 5.32 Å². The molecule has 2 atom stereocenters. The minimum atomic E-state index is 0.256. The maximum Gasteiger partial charge on any atom is 0.0595 e. The Morgan fingerprint density at radius 2 is 1.88 bits per heavy atom. The molecule has 0 saturated heterocycles. The highest BCUT2D eigenvalue weighted by molar-refractivity contribution is 6.42. The van der Waals surface area contributed by atoms with Gasteiger partial charge in [0.05, 0.1) is 10.0 Å². The molecule has 1 saturated carbocycles. The topological polar surface area (TPSA) is 12.0 Å². The lowest BCUT2D eigenvalue weighted by Gasteiger charge is -2.28. The van der Waals surface area contributed by atoms with E-state index < -0.39 is 0 Å². The largest absolute Gasteiger partial charge is 0.308 e. The van der Waals surface area contributed by atoms with Crippen molar-refractivity contribution < 1.29 is 0 Å². The summed E-state index contributed by atoms with van der Waals surface area (Å²) in [6.07, 6.45) is 4.79. The van der Waals surface area contributed by atoms with Crippen LogP contribution >= 0.6 is 34.8 Å². The second-order valence-corrected chi connectivity index (χ2v) is 5.91. The van der Waals surface area contributed by atoms with E-state index in [1.54, 1.807) is 0 Å². The van der Waals surface area contributed by atoms with Gasteiger partial charge in [-0.2, -0.15) is 0 Å². The Hall–Kier alpha value is 0.0500. The van der Waals surface area contributed by atoms with Crippen LogP contribution in [0.3, 0.4) is 0 Å². The van der Waals surface area contributed by atoms with Gasteiger partial charge in [0.1, 0.15) is 0 Å². The van der Waals surface area contributed by atoms with Crippen molar-refractivity contribution >= 4 is 34.8 Å². The SMILES string of the molecule is Clc1ccc(CNC2CCCCC2Cl)cc1Cl. The minimum absolute atomic E-state index is 0.256. The third-order valence-electron chi connectivity index (χ3n) is 3.23. The number of hydrogen-bond donors (Lipinski definition) is 1. The van der Waals surface area contributed by atoms with Crippen LogP contribution in [0, 0.1) is 0 Å². The summed E-state index contributed by atoms with van der Waals surface area (Å²) in [6, 6.07) is 6.15. The molecule has 2 unspecified atom stereocenters. The van der Waals surface area contributed by atoms with Gasteiger partial charge < -0.3 is 5.32 Å². The average Bonchev–Trinajstić information content (AvgIpc) is 2.32. The lowest BCUT2D eigenvalue weighted by Crippen LogP contribution is -2.38. The molecule has 1 fully saturated rings.